The van der Waals surface area contributed by atoms with Crippen molar-refractivity contribution in [3.63, 3.8) is 0 Å². The van der Waals surface area contributed by atoms with Crippen LogP contribution in [0.4, 0.5) is 5.69 Å². The maximum absolute atomic E-state index is 9.71. The summed E-state index contributed by atoms with van der Waals surface area (Å²) in [7, 11) is 0. The molecule has 3 nitrogen and oxygen atoms in total. The van der Waals surface area contributed by atoms with Crippen molar-refractivity contribution in [3.8, 4) is 11.5 Å². The normalized spacial score (nSPS) is 13.3. The second-order valence-electron chi connectivity index (χ2n) is 7.94. The molecular formula is C23H39NO2S. The van der Waals surface area contributed by atoms with E-state index in [1.165, 1.54) is 89.9 Å². The Balaban J connectivity index is 1.41. The maximum atomic E-state index is 9.71. The Morgan fingerprint density at radius 3 is 1.78 bits per heavy atom. The van der Waals surface area contributed by atoms with Crippen molar-refractivity contribution in [1.82, 2.24) is 0 Å². The predicted octanol–water partition coefficient (Wildman–Crippen LogP) is 7.45. The number of thioether (sulfide) groups is 1. The summed E-state index contributed by atoms with van der Waals surface area (Å²) in [6.45, 7) is 3.32. The SMILES string of the molecule is CCCCCCCCCCCCCCCCN1CSc2cc(O)c(O)cc21. The van der Waals surface area contributed by atoms with Gasteiger partial charge in [0.15, 0.2) is 11.5 Å². The number of phenolic OH excluding ortho intramolecular Hbond substituents is 2. The molecule has 0 amide bonds. The lowest BCUT2D eigenvalue weighted by atomic mass is 10.0. The average Bonchev–Trinajstić information content (AvgIpc) is 3.04. The number of unbranched alkanes of at least 4 members (excludes halogenated alkanes) is 13. The minimum atomic E-state index is -0.0143. The number of phenols is 2. The molecule has 0 atom stereocenters. The minimum Gasteiger partial charge on any atom is -0.504 e. The molecule has 0 radical (unpaired) electrons. The quantitative estimate of drug-likeness (QED) is 0.240. The highest BCUT2D eigenvalue weighted by molar-refractivity contribution is 7.99. The first kappa shape index (κ1) is 22.3. The summed E-state index contributed by atoms with van der Waals surface area (Å²) in [5.74, 6) is 0.901. The fourth-order valence-electron chi connectivity index (χ4n) is 3.81. The van der Waals surface area contributed by atoms with Gasteiger partial charge in [0.25, 0.3) is 0 Å². The standard InChI is InChI=1S/C23H39NO2S/c1-2-3-4-5-6-7-8-9-10-11-12-13-14-15-16-24-19-27-23-18-22(26)21(25)17-20(23)24/h17-18,25-26H,2-16,19H2,1H3. The molecule has 1 aromatic rings. The molecule has 0 aliphatic carbocycles. The van der Waals surface area contributed by atoms with Crippen LogP contribution in [0.2, 0.25) is 0 Å². The van der Waals surface area contributed by atoms with E-state index in [-0.39, 0.29) is 11.5 Å². The molecule has 0 aromatic heterocycles. The molecule has 4 heteroatoms. The van der Waals surface area contributed by atoms with E-state index in [2.05, 4.69) is 11.8 Å². The van der Waals surface area contributed by atoms with Gasteiger partial charge in [0.1, 0.15) is 0 Å². The first-order valence-corrected chi connectivity index (χ1v) is 12.1. The molecule has 2 N–H and O–H groups in total. The van der Waals surface area contributed by atoms with Gasteiger partial charge in [0.2, 0.25) is 0 Å². The van der Waals surface area contributed by atoms with Crippen molar-refractivity contribution in [2.75, 3.05) is 17.3 Å². The maximum Gasteiger partial charge on any atom is 0.159 e. The molecule has 154 valence electrons. The van der Waals surface area contributed by atoms with Crippen LogP contribution in [0.1, 0.15) is 96.8 Å². The highest BCUT2D eigenvalue weighted by Gasteiger charge is 2.21. The molecule has 27 heavy (non-hydrogen) atoms. The third-order valence-corrected chi connectivity index (χ3v) is 6.63. The van der Waals surface area contributed by atoms with E-state index < -0.39 is 0 Å². The van der Waals surface area contributed by atoms with E-state index in [9.17, 15) is 10.2 Å². The summed E-state index contributed by atoms with van der Waals surface area (Å²) in [4.78, 5) is 3.40. The molecule has 0 saturated heterocycles. The lowest BCUT2D eigenvalue weighted by Gasteiger charge is -2.18. The number of nitrogens with zero attached hydrogens (tertiary/aromatic N) is 1. The molecule has 0 unspecified atom stereocenters. The van der Waals surface area contributed by atoms with Crippen molar-refractivity contribution >= 4 is 17.4 Å². The fourth-order valence-corrected chi connectivity index (χ4v) is 4.90. The van der Waals surface area contributed by atoms with Crippen molar-refractivity contribution in [3.05, 3.63) is 12.1 Å². The zero-order chi connectivity index (χ0) is 19.3. The van der Waals surface area contributed by atoms with Crippen molar-refractivity contribution in [2.45, 2.75) is 102 Å². The Kier molecular flexibility index (Phi) is 10.9. The largest absolute Gasteiger partial charge is 0.504 e. The van der Waals surface area contributed by atoms with Crippen molar-refractivity contribution < 1.29 is 10.2 Å². The Labute approximate surface area is 170 Å². The fraction of sp³-hybridized carbons (Fsp3) is 0.739. The average molecular weight is 394 g/mol. The van der Waals surface area contributed by atoms with Crippen LogP contribution in [0, 0.1) is 0 Å². The smallest absolute Gasteiger partial charge is 0.159 e. The lowest BCUT2D eigenvalue weighted by molar-refractivity contribution is 0.402. The first-order chi connectivity index (χ1) is 13.2. The Morgan fingerprint density at radius 1 is 0.741 bits per heavy atom. The number of rotatable bonds is 15. The lowest BCUT2D eigenvalue weighted by Crippen LogP contribution is -2.20. The molecule has 1 heterocycles. The minimum absolute atomic E-state index is 0.0118. The molecule has 0 spiro atoms. The Hall–Kier alpha value is -1.03. The van der Waals surface area contributed by atoms with Crippen LogP contribution >= 0.6 is 11.8 Å². The van der Waals surface area contributed by atoms with Gasteiger partial charge >= 0.3 is 0 Å². The molecule has 1 aromatic carbocycles. The summed E-state index contributed by atoms with van der Waals surface area (Å²) in [5, 5.41) is 19.3. The molecular weight excluding hydrogens is 354 g/mol. The van der Waals surface area contributed by atoms with E-state index in [1.54, 1.807) is 23.9 Å². The van der Waals surface area contributed by atoms with Gasteiger partial charge in [-0.1, -0.05) is 90.4 Å². The van der Waals surface area contributed by atoms with Gasteiger partial charge in [-0.25, -0.2) is 0 Å². The Bertz CT molecular complexity index is 535. The highest BCUT2D eigenvalue weighted by Crippen LogP contribution is 2.44. The van der Waals surface area contributed by atoms with Gasteiger partial charge in [0, 0.05) is 17.5 Å². The number of aromatic hydroxyl groups is 2. The number of fused-ring (bicyclic) bond motifs is 1. The van der Waals surface area contributed by atoms with Gasteiger partial charge in [-0.2, -0.15) is 0 Å². The zero-order valence-electron chi connectivity index (χ0n) is 17.2. The third-order valence-electron chi connectivity index (χ3n) is 5.55. The second-order valence-corrected chi connectivity index (χ2v) is 8.93. The van der Waals surface area contributed by atoms with Gasteiger partial charge in [0.05, 0.1) is 11.6 Å². The van der Waals surface area contributed by atoms with Gasteiger partial charge in [-0.05, 0) is 12.5 Å². The van der Waals surface area contributed by atoms with Crippen LogP contribution in [0.5, 0.6) is 11.5 Å². The summed E-state index contributed by atoms with van der Waals surface area (Å²) < 4.78 is 0. The third kappa shape index (κ3) is 8.25. The molecule has 2 rings (SSSR count). The molecule has 1 aliphatic rings. The van der Waals surface area contributed by atoms with Crippen LogP contribution in [-0.2, 0) is 0 Å². The summed E-state index contributed by atoms with van der Waals surface area (Å²) in [6.07, 6.45) is 19.4. The summed E-state index contributed by atoms with van der Waals surface area (Å²) >= 11 is 1.74. The zero-order valence-corrected chi connectivity index (χ0v) is 18.0. The number of hydrogen-bond acceptors (Lipinski definition) is 4. The number of hydrogen-bond donors (Lipinski definition) is 2. The van der Waals surface area contributed by atoms with Crippen LogP contribution < -0.4 is 4.90 Å². The van der Waals surface area contributed by atoms with Crippen LogP contribution in [-0.4, -0.2) is 22.6 Å². The van der Waals surface area contributed by atoms with E-state index in [0.29, 0.717) is 0 Å². The summed E-state index contributed by atoms with van der Waals surface area (Å²) in [6, 6.07) is 3.38. The number of anilines is 1. The van der Waals surface area contributed by atoms with Gasteiger partial charge in [-0.15, -0.1) is 11.8 Å². The summed E-state index contributed by atoms with van der Waals surface area (Å²) in [5.41, 5.74) is 1.07. The van der Waals surface area contributed by atoms with Gasteiger partial charge < -0.3 is 15.1 Å². The van der Waals surface area contributed by atoms with E-state index in [0.717, 1.165) is 23.0 Å². The monoisotopic (exact) mass is 393 g/mol. The highest BCUT2D eigenvalue weighted by atomic mass is 32.2. The van der Waals surface area contributed by atoms with Crippen LogP contribution in [0.25, 0.3) is 0 Å². The van der Waals surface area contributed by atoms with Crippen LogP contribution in [0.15, 0.2) is 17.0 Å². The van der Waals surface area contributed by atoms with Crippen molar-refractivity contribution in [1.29, 1.82) is 0 Å². The first-order valence-electron chi connectivity index (χ1n) is 11.2. The van der Waals surface area contributed by atoms with E-state index >= 15 is 0 Å². The topological polar surface area (TPSA) is 43.7 Å². The molecule has 0 fully saturated rings. The van der Waals surface area contributed by atoms with E-state index in [1.807, 2.05) is 0 Å². The van der Waals surface area contributed by atoms with E-state index in [4.69, 9.17) is 0 Å². The Morgan fingerprint density at radius 2 is 1.22 bits per heavy atom. The molecule has 0 bridgehead atoms. The van der Waals surface area contributed by atoms with Crippen LogP contribution in [0.3, 0.4) is 0 Å². The second kappa shape index (κ2) is 13.2. The van der Waals surface area contributed by atoms with Crippen molar-refractivity contribution in [2.24, 2.45) is 0 Å². The number of benzene rings is 1. The molecule has 0 saturated carbocycles. The van der Waals surface area contributed by atoms with Gasteiger partial charge in [-0.3, -0.25) is 0 Å². The molecule has 1 aliphatic heterocycles. The predicted molar refractivity (Wildman–Crippen MR) is 118 cm³/mol.